The Balaban J connectivity index is 1.82. The van der Waals surface area contributed by atoms with Crippen molar-refractivity contribution in [2.24, 2.45) is 0 Å². The fraction of sp³-hybridized carbons (Fsp3) is 0. The Hall–Kier alpha value is -1.98. The van der Waals surface area contributed by atoms with E-state index in [1.807, 2.05) is 23.6 Å². The Morgan fingerprint density at radius 1 is 1.20 bits per heavy atom. The molecule has 2 heterocycles. The monoisotopic (exact) mass is 305 g/mol. The van der Waals surface area contributed by atoms with Crippen molar-refractivity contribution in [2.75, 3.05) is 5.32 Å². The van der Waals surface area contributed by atoms with Crippen LogP contribution in [0.3, 0.4) is 0 Å². The van der Waals surface area contributed by atoms with Gasteiger partial charge >= 0.3 is 0 Å². The molecule has 1 aromatic carbocycles. The maximum absolute atomic E-state index is 13.1. The zero-order chi connectivity index (χ0) is 13.9. The van der Waals surface area contributed by atoms with Crippen LogP contribution in [0.25, 0.3) is 10.7 Å². The quantitative estimate of drug-likeness (QED) is 0.759. The zero-order valence-corrected chi connectivity index (χ0v) is 11.7. The van der Waals surface area contributed by atoms with E-state index in [4.69, 9.17) is 11.6 Å². The number of aromatic nitrogens is 2. The molecule has 3 rings (SSSR count). The predicted molar refractivity (Wildman–Crippen MR) is 80.0 cm³/mol. The Morgan fingerprint density at radius 2 is 2.10 bits per heavy atom. The number of hydrogen-bond donors (Lipinski definition) is 1. The minimum absolute atomic E-state index is 0.0789. The molecule has 0 aliphatic carbocycles. The highest BCUT2D eigenvalue weighted by Crippen LogP contribution is 2.27. The molecule has 6 heteroatoms. The number of pyridine rings is 1. The van der Waals surface area contributed by atoms with Crippen molar-refractivity contribution in [3.8, 4) is 10.7 Å². The van der Waals surface area contributed by atoms with Gasteiger partial charge in [-0.1, -0.05) is 17.7 Å². The Labute approximate surface area is 124 Å². The van der Waals surface area contributed by atoms with Gasteiger partial charge in [-0.05, 0) is 30.3 Å². The van der Waals surface area contributed by atoms with Crippen LogP contribution in [-0.4, -0.2) is 9.97 Å². The Bertz CT molecular complexity index is 730. The lowest BCUT2D eigenvalue weighted by molar-refractivity contribution is 0.628. The largest absolute Gasteiger partial charge is 0.339 e. The van der Waals surface area contributed by atoms with Crippen LogP contribution in [-0.2, 0) is 0 Å². The van der Waals surface area contributed by atoms with Crippen LogP contribution in [0.1, 0.15) is 0 Å². The third-order valence-corrected chi connectivity index (χ3v) is 3.73. The van der Waals surface area contributed by atoms with E-state index < -0.39 is 5.82 Å². The molecule has 0 unspecified atom stereocenters. The average molecular weight is 306 g/mol. The molecule has 0 atom stereocenters. The lowest BCUT2D eigenvalue weighted by atomic mass is 10.3. The second kappa shape index (κ2) is 5.56. The summed E-state index contributed by atoms with van der Waals surface area (Å²) in [6.45, 7) is 0. The molecule has 3 aromatic rings. The van der Waals surface area contributed by atoms with Gasteiger partial charge in [0.2, 0.25) is 0 Å². The summed E-state index contributed by atoms with van der Waals surface area (Å²) in [6.07, 6.45) is 1.73. The summed E-state index contributed by atoms with van der Waals surface area (Å²) in [5.41, 5.74) is 1.51. The molecule has 0 fully saturated rings. The van der Waals surface area contributed by atoms with Gasteiger partial charge in [-0.3, -0.25) is 4.98 Å². The van der Waals surface area contributed by atoms with E-state index in [-0.39, 0.29) is 5.02 Å². The van der Waals surface area contributed by atoms with E-state index in [1.165, 1.54) is 23.5 Å². The molecule has 0 bridgehead atoms. The van der Waals surface area contributed by atoms with Gasteiger partial charge in [0, 0.05) is 17.3 Å². The van der Waals surface area contributed by atoms with Crippen molar-refractivity contribution in [1.29, 1.82) is 0 Å². The second-order valence-corrected chi connectivity index (χ2v) is 5.27. The molecule has 3 nitrogen and oxygen atoms in total. The maximum Gasteiger partial charge on any atom is 0.144 e. The van der Waals surface area contributed by atoms with Crippen molar-refractivity contribution in [3.63, 3.8) is 0 Å². The number of hydrogen-bond acceptors (Lipinski definition) is 4. The minimum atomic E-state index is -0.440. The van der Waals surface area contributed by atoms with E-state index in [0.717, 1.165) is 10.7 Å². The van der Waals surface area contributed by atoms with Crippen LogP contribution in [0.4, 0.5) is 15.9 Å². The molecule has 0 amide bonds. The standard InChI is InChI=1S/C14H9ClFN3S/c15-10-7-9(4-5-11(10)16)18-13-8-20-14(19-13)12-3-1-2-6-17-12/h1-8,18H. The normalized spacial score (nSPS) is 10.5. The Kier molecular flexibility index (Phi) is 3.62. The smallest absolute Gasteiger partial charge is 0.144 e. The first-order chi connectivity index (χ1) is 9.72. The number of halogens is 2. The summed E-state index contributed by atoms with van der Waals surface area (Å²) in [4.78, 5) is 8.68. The number of nitrogens with zero attached hydrogens (tertiary/aromatic N) is 2. The number of thiazole rings is 1. The second-order valence-electron chi connectivity index (χ2n) is 4.01. The number of rotatable bonds is 3. The molecule has 100 valence electrons. The van der Waals surface area contributed by atoms with Gasteiger partial charge in [0.25, 0.3) is 0 Å². The molecule has 20 heavy (non-hydrogen) atoms. The van der Waals surface area contributed by atoms with Crippen LogP contribution >= 0.6 is 22.9 Å². The van der Waals surface area contributed by atoms with E-state index in [0.29, 0.717) is 11.5 Å². The zero-order valence-electron chi connectivity index (χ0n) is 10.2. The van der Waals surface area contributed by atoms with Crippen LogP contribution < -0.4 is 5.32 Å². The lowest BCUT2D eigenvalue weighted by Crippen LogP contribution is -1.91. The first-order valence-electron chi connectivity index (χ1n) is 5.81. The van der Waals surface area contributed by atoms with Gasteiger partial charge in [-0.25, -0.2) is 9.37 Å². The molecule has 0 saturated heterocycles. The van der Waals surface area contributed by atoms with E-state index in [1.54, 1.807) is 12.3 Å². The average Bonchev–Trinajstić information content (AvgIpc) is 2.92. The first-order valence-corrected chi connectivity index (χ1v) is 7.07. The topological polar surface area (TPSA) is 37.8 Å². The summed E-state index contributed by atoms with van der Waals surface area (Å²) < 4.78 is 13.1. The lowest BCUT2D eigenvalue weighted by Gasteiger charge is -2.03. The fourth-order valence-corrected chi connectivity index (χ4v) is 2.57. The fourth-order valence-electron chi connectivity index (χ4n) is 1.66. The van der Waals surface area contributed by atoms with Crippen molar-refractivity contribution < 1.29 is 4.39 Å². The summed E-state index contributed by atoms with van der Waals surface area (Å²) in [7, 11) is 0. The first kappa shape index (κ1) is 13.0. The van der Waals surface area contributed by atoms with Gasteiger partial charge in [-0.2, -0.15) is 0 Å². The van der Waals surface area contributed by atoms with Crippen LogP contribution in [0.2, 0.25) is 5.02 Å². The molecular weight excluding hydrogens is 297 g/mol. The van der Waals surface area contributed by atoms with Crippen LogP contribution in [0.5, 0.6) is 0 Å². The van der Waals surface area contributed by atoms with E-state index >= 15 is 0 Å². The molecule has 0 aliphatic rings. The van der Waals surface area contributed by atoms with Gasteiger partial charge in [-0.15, -0.1) is 11.3 Å². The van der Waals surface area contributed by atoms with E-state index in [9.17, 15) is 4.39 Å². The summed E-state index contributed by atoms with van der Waals surface area (Å²) in [5.74, 6) is 0.239. The maximum atomic E-state index is 13.1. The summed E-state index contributed by atoms with van der Waals surface area (Å²) >= 11 is 7.22. The molecule has 1 N–H and O–H groups in total. The van der Waals surface area contributed by atoms with Crippen molar-refractivity contribution >= 4 is 34.4 Å². The number of nitrogens with one attached hydrogen (secondary N) is 1. The SMILES string of the molecule is Fc1ccc(Nc2csc(-c3ccccn3)n2)cc1Cl. The van der Waals surface area contributed by atoms with Crippen LogP contribution in [0.15, 0.2) is 48.0 Å². The molecule has 0 aliphatic heterocycles. The molecule has 0 spiro atoms. The predicted octanol–water partition coefficient (Wildman–Crippen LogP) is 4.74. The van der Waals surface area contributed by atoms with Gasteiger partial charge < -0.3 is 5.32 Å². The number of anilines is 2. The highest BCUT2D eigenvalue weighted by Gasteiger charge is 2.06. The van der Waals surface area contributed by atoms with Gasteiger partial charge in [0.05, 0.1) is 10.7 Å². The van der Waals surface area contributed by atoms with Crippen molar-refractivity contribution in [2.45, 2.75) is 0 Å². The molecule has 0 radical (unpaired) electrons. The van der Waals surface area contributed by atoms with Crippen molar-refractivity contribution in [3.05, 3.63) is 58.8 Å². The van der Waals surface area contributed by atoms with Crippen LogP contribution in [0, 0.1) is 5.82 Å². The molecular formula is C14H9ClFN3S. The minimum Gasteiger partial charge on any atom is -0.339 e. The van der Waals surface area contributed by atoms with Crippen molar-refractivity contribution in [1.82, 2.24) is 9.97 Å². The highest BCUT2D eigenvalue weighted by molar-refractivity contribution is 7.13. The Morgan fingerprint density at radius 3 is 2.85 bits per heavy atom. The third kappa shape index (κ3) is 2.79. The van der Waals surface area contributed by atoms with Gasteiger partial charge in [0.15, 0.2) is 0 Å². The summed E-state index contributed by atoms with van der Waals surface area (Å²) in [6, 6.07) is 10.1. The number of benzene rings is 1. The highest BCUT2D eigenvalue weighted by atomic mass is 35.5. The van der Waals surface area contributed by atoms with E-state index in [2.05, 4.69) is 15.3 Å². The molecule has 0 saturated carbocycles. The summed E-state index contributed by atoms with van der Waals surface area (Å²) in [5, 5.41) is 5.86. The molecule has 2 aromatic heterocycles. The third-order valence-electron chi connectivity index (χ3n) is 2.58. The van der Waals surface area contributed by atoms with Gasteiger partial charge in [0.1, 0.15) is 16.6 Å².